The topological polar surface area (TPSA) is 101 Å². The van der Waals surface area contributed by atoms with E-state index in [1.165, 1.54) is 36.2 Å². The number of carbonyl (C=O) groups excluding carboxylic acids is 2. The molecular weight excluding hydrogens is 324 g/mol. The number of hydrogen-bond acceptors (Lipinski definition) is 5. The number of benzene rings is 2. The molecule has 2 aromatic rings. The molecule has 1 aliphatic heterocycles. The van der Waals surface area contributed by atoms with Gasteiger partial charge in [0, 0.05) is 24.7 Å². The van der Waals surface area contributed by atoms with E-state index < -0.39 is 22.7 Å². The number of rotatable bonds is 3. The second kappa shape index (κ2) is 6.20. The van der Waals surface area contributed by atoms with Gasteiger partial charge in [0.1, 0.15) is 5.76 Å². The zero-order chi connectivity index (χ0) is 18.1. The van der Waals surface area contributed by atoms with E-state index >= 15 is 0 Å². The molecule has 0 unspecified atom stereocenters. The van der Waals surface area contributed by atoms with E-state index in [2.05, 4.69) is 0 Å². The molecule has 7 nitrogen and oxygen atoms in total. The SMILES string of the molecule is CN1C(=O)C(=O)C(=C(O)c2ccccc2)[C@H]1c1ccc([N+](=O)[O-])cc1. The van der Waals surface area contributed by atoms with Crippen LogP contribution in [0.1, 0.15) is 17.2 Å². The van der Waals surface area contributed by atoms with E-state index in [1.54, 1.807) is 30.3 Å². The van der Waals surface area contributed by atoms with Gasteiger partial charge in [0.15, 0.2) is 0 Å². The van der Waals surface area contributed by atoms with Gasteiger partial charge < -0.3 is 10.0 Å². The third kappa shape index (κ3) is 2.76. The Morgan fingerprint density at radius 2 is 1.68 bits per heavy atom. The van der Waals surface area contributed by atoms with Gasteiger partial charge in [-0.15, -0.1) is 0 Å². The molecule has 0 radical (unpaired) electrons. The number of Topliss-reactive ketones (excluding diaryl/α,β-unsaturated/α-hetero) is 1. The van der Waals surface area contributed by atoms with Crippen molar-refractivity contribution in [1.82, 2.24) is 4.90 Å². The molecule has 7 heteroatoms. The minimum Gasteiger partial charge on any atom is -0.507 e. The van der Waals surface area contributed by atoms with Crippen molar-refractivity contribution < 1.29 is 19.6 Å². The molecule has 3 rings (SSSR count). The number of aliphatic hydroxyl groups excluding tert-OH is 1. The summed E-state index contributed by atoms with van der Waals surface area (Å²) in [5, 5.41) is 21.4. The van der Waals surface area contributed by atoms with Crippen LogP contribution in [0.5, 0.6) is 0 Å². The second-order valence-electron chi connectivity index (χ2n) is 5.62. The first-order valence-corrected chi connectivity index (χ1v) is 7.46. The molecule has 0 aliphatic carbocycles. The Morgan fingerprint density at radius 1 is 1.08 bits per heavy atom. The van der Waals surface area contributed by atoms with Gasteiger partial charge >= 0.3 is 0 Å². The molecule has 0 saturated carbocycles. The molecule has 1 N–H and O–H groups in total. The van der Waals surface area contributed by atoms with Crippen molar-refractivity contribution in [3.8, 4) is 0 Å². The average molecular weight is 338 g/mol. The van der Waals surface area contributed by atoms with Gasteiger partial charge in [0.25, 0.3) is 17.4 Å². The summed E-state index contributed by atoms with van der Waals surface area (Å²) in [6, 6.07) is 13.2. The van der Waals surface area contributed by atoms with Gasteiger partial charge in [0.2, 0.25) is 0 Å². The van der Waals surface area contributed by atoms with E-state index in [0.717, 1.165) is 0 Å². The highest BCUT2D eigenvalue weighted by Gasteiger charge is 2.44. The summed E-state index contributed by atoms with van der Waals surface area (Å²) in [4.78, 5) is 36.0. The zero-order valence-corrected chi connectivity index (χ0v) is 13.2. The van der Waals surface area contributed by atoms with Gasteiger partial charge in [-0.1, -0.05) is 30.3 Å². The van der Waals surface area contributed by atoms with E-state index in [9.17, 15) is 24.8 Å². The first kappa shape index (κ1) is 16.4. The number of ketones is 1. The fourth-order valence-electron chi connectivity index (χ4n) is 2.87. The molecule has 1 saturated heterocycles. The maximum Gasteiger partial charge on any atom is 0.295 e. The van der Waals surface area contributed by atoms with Crippen LogP contribution in [-0.2, 0) is 9.59 Å². The lowest BCUT2D eigenvalue weighted by atomic mass is 9.95. The minimum absolute atomic E-state index is 0.0347. The fraction of sp³-hybridized carbons (Fsp3) is 0.111. The molecule has 2 aromatic carbocycles. The third-order valence-electron chi connectivity index (χ3n) is 4.14. The molecule has 0 aromatic heterocycles. The first-order valence-electron chi connectivity index (χ1n) is 7.46. The van der Waals surface area contributed by atoms with Crippen LogP contribution < -0.4 is 0 Å². The van der Waals surface area contributed by atoms with Gasteiger partial charge in [0.05, 0.1) is 16.5 Å². The summed E-state index contributed by atoms with van der Waals surface area (Å²) >= 11 is 0. The Balaban J connectivity index is 2.13. The third-order valence-corrected chi connectivity index (χ3v) is 4.14. The Labute approximate surface area is 143 Å². The Bertz CT molecular complexity index is 887. The average Bonchev–Trinajstić information content (AvgIpc) is 2.86. The number of carbonyl (C=O) groups is 2. The Morgan fingerprint density at radius 3 is 2.24 bits per heavy atom. The number of nitro groups is 1. The van der Waals surface area contributed by atoms with Gasteiger partial charge in [-0.3, -0.25) is 19.7 Å². The smallest absolute Gasteiger partial charge is 0.295 e. The monoisotopic (exact) mass is 338 g/mol. The van der Waals surface area contributed by atoms with Crippen LogP contribution in [0.4, 0.5) is 5.69 Å². The van der Waals surface area contributed by atoms with E-state index in [0.29, 0.717) is 11.1 Å². The van der Waals surface area contributed by atoms with Crippen LogP contribution in [0.15, 0.2) is 60.2 Å². The number of aliphatic hydroxyl groups is 1. The Hall–Kier alpha value is -3.48. The number of likely N-dealkylation sites (tertiary alicyclic amines) is 1. The normalized spacial score (nSPS) is 19.2. The first-order chi connectivity index (χ1) is 11.9. The number of non-ortho nitro benzene ring substituents is 1. The lowest BCUT2D eigenvalue weighted by molar-refractivity contribution is -0.384. The van der Waals surface area contributed by atoms with Gasteiger partial charge in [-0.05, 0) is 17.7 Å². The predicted octanol–water partition coefficient (Wildman–Crippen LogP) is 2.65. The quantitative estimate of drug-likeness (QED) is 0.305. The van der Waals surface area contributed by atoms with Crippen molar-refractivity contribution in [3.63, 3.8) is 0 Å². The second-order valence-corrected chi connectivity index (χ2v) is 5.62. The maximum absolute atomic E-state index is 12.4. The molecule has 25 heavy (non-hydrogen) atoms. The fourth-order valence-corrected chi connectivity index (χ4v) is 2.87. The maximum atomic E-state index is 12.4. The molecular formula is C18H14N2O5. The predicted molar refractivity (Wildman–Crippen MR) is 89.6 cm³/mol. The number of nitrogens with zero attached hydrogens (tertiary/aromatic N) is 2. The summed E-state index contributed by atoms with van der Waals surface area (Å²) in [6.07, 6.45) is 0. The number of likely N-dealkylation sites (N-methyl/N-ethyl adjacent to an activating group) is 1. The summed E-state index contributed by atoms with van der Waals surface area (Å²) < 4.78 is 0. The molecule has 1 heterocycles. The number of nitro benzene ring substituents is 1. The summed E-state index contributed by atoms with van der Waals surface area (Å²) in [6.45, 7) is 0. The van der Waals surface area contributed by atoms with Crippen LogP contribution in [-0.4, -0.2) is 33.7 Å². The summed E-state index contributed by atoms with van der Waals surface area (Å²) in [5.41, 5.74) is 0.790. The molecule has 1 atom stereocenters. The lowest BCUT2D eigenvalue weighted by Crippen LogP contribution is -2.24. The summed E-state index contributed by atoms with van der Waals surface area (Å²) in [7, 11) is 1.46. The van der Waals surface area contributed by atoms with Crippen LogP contribution >= 0.6 is 0 Å². The summed E-state index contributed by atoms with van der Waals surface area (Å²) in [5.74, 6) is -1.79. The highest BCUT2D eigenvalue weighted by atomic mass is 16.6. The number of hydrogen-bond donors (Lipinski definition) is 1. The lowest BCUT2D eigenvalue weighted by Gasteiger charge is -2.20. The zero-order valence-electron chi connectivity index (χ0n) is 13.2. The van der Waals surface area contributed by atoms with Crippen LogP contribution in [0.25, 0.3) is 5.76 Å². The number of amides is 1. The van der Waals surface area contributed by atoms with E-state index in [4.69, 9.17) is 0 Å². The van der Waals surface area contributed by atoms with Gasteiger partial charge in [-0.2, -0.15) is 0 Å². The van der Waals surface area contributed by atoms with Crippen molar-refractivity contribution in [2.24, 2.45) is 0 Å². The van der Waals surface area contributed by atoms with Crippen molar-refractivity contribution in [2.75, 3.05) is 7.05 Å². The van der Waals surface area contributed by atoms with Crippen molar-refractivity contribution >= 4 is 23.1 Å². The van der Waals surface area contributed by atoms with E-state index in [-0.39, 0.29) is 17.0 Å². The van der Waals surface area contributed by atoms with E-state index in [1.807, 2.05) is 0 Å². The highest BCUT2D eigenvalue weighted by molar-refractivity contribution is 6.46. The van der Waals surface area contributed by atoms with Crippen molar-refractivity contribution in [3.05, 3.63) is 81.4 Å². The van der Waals surface area contributed by atoms with Crippen LogP contribution in [0.2, 0.25) is 0 Å². The van der Waals surface area contributed by atoms with Gasteiger partial charge in [-0.25, -0.2) is 0 Å². The molecule has 0 spiro atoms. The molecule has 1 fully saturated rings. The standard InChI is InChI=1S/C18H14N2O5/c1-19-15(11-7-9-13(10-8-11)20(24)25)14(17(22)18(19)23)16(21)12-5-3-2-4-6-12/h2-10,15,21H,1H3/t15-/m1/s1. The van der Waals surface area contributed by atoms with Crippen molar-refractivity contribution in [1.29, 1.82) is 0 Å². The van der Waals surface area contributed by atoms with Crippen LogP contribution in [0.3, 0.4) is 0 Å². The largest absolute Gasteiger partial charge is 0.507 e. The van der Waals surface area contributed by atoms with Crippen molar-refractivity contribution in [2.45, 2.75) is 6.04 Å². The molecule has 0 bridgehead atoms. The highest BCUT2D eigenvalue weighted by Crippen LogP contribution is 2.38. The molecule has 126 valence electrons. The van der Waals surface area contributed by atoms with Crippen LogP contribution in [0, 0.1) is 10.1 Å². The Kier molecular flexibility index (Phi) is 4.06. The minimum atomic E-state index is -0.805. The molecule has 1 amide bonds. The molecule has 1 aliphatic rings.